The molecule has 0 aliphatic carbocycles. The minimum atomic E-state index is -1.30. The molecule has 3 atom stereocenters. The lowest BCUT2D eigenvalue weighted by molar-refractivity contribution is -0.131. The van der Waals surface area contributed by atoms with E-state index < -0.39 is 17.7 Å². The third-order valence-electron chi connectivity index (χ3n) is 5.87. The highest BCUT2D eigenvalue weighted by Crippen LogP contribution is 2.49. The molecule has 6 nitrogen and oxygen atoms in total. The van der Waals surface area contributed by atoms with Crippen molar-refractivity contribution in [2.45, 2.75) is 18.7 Å². The zero-order valence-electron chi connectivity index (χ0n) is 17.0. The fourth-order valence-electron chi connectivity index (χ4n) is 4.49. The summed E-state index contributed by atoms with van der Waals surface area (Å²) in [4.78, 5) is 28.3. The highest BCUT2D eigenvalue weighted by Gasteiger charge is 2.60. The van der Waals surface area contributed by atoms with E-state index in [2.05, 4.69) is 10.6 Å². The Balaban J connectivity index is 1.61. The summed E-state index contributed by atoms with van der Waals surface area (Å²) in [5.41, 5.74) is 0.572. The van der Waals surface area contributed by atoms with Crippen LogP contribution < -0.4 is 20.3 Å². The molecule has 8 heteroatoms. The van der Waals surface area contributed by atoms with Gasteiger partial charge in [0, 0.05) is 21.3 Å². The van der Waals surface area contributed by atoms with E-state index in [0.717, 1.165) is 5.56 Å². The van der Waals surface area contributed by atoms with Crippen LogP contribution in [0.5, 0.6) is 5.75 Å². The summed E-state index contributed by atoms with van der Waals surface area (Å²) in [7, 11) is 0. The Kier molecular flexibility index (Phi) is 4.99. The molecular weight excluding hydrogens is 449 g/mol. The van der Waals surface area contributed by atoms with Gasteiger partial charge in [0.05, 0.1) is 11.7 Å². The number of rotatable bonds is 3. The van der Waals surface area contributed by atoms with Gasteiger partial charge in [0.15, 0.2) is 0 Å². The van der Waals surface area contributed by atoms with Gasteiger partial charge in [-0.05, 0) is 55.5 Å². The summed E-state index contributed by atoms with van der Waals surface area (Å²) in [6.07, 6.45) is 0. The van der Waals surface area contributed by atoms with E-state index in [9.17, 15) is 9.59 Å². The molecule has 2 aliphatic heterocycles. The van der Waals surface area contributed by atoms with E-state index in [4.69, 9.17) is 27.9 Å². The van der Waals surface area contributed by atoms with Gasteiger partial charge in [0.2, 0.25) is 11.6 Å². The van der Waals surface area contributed by atoms with Crippen LogP contribution >= 0.6 is 23.2 Å². The summed E-state index contributed by atoms with van der Waals surface area (Å²) in [5.74, 6) is -0.436. The van der Waals surface area contributed by atoms with E-state index in [1.807, 2.05) is 24.3 Å². The van der Waals surface area contributed by atoms with Crippen LogP contribution in [0.2, 0.25) is 10.0 Å². The average Bonchev–Trinajstić information content (AvgIpc) is 2.74. The van der Waals surface area contributed by atoms with Crippen molar-refractivity contribution in [3.63, 3.8) is 0 Å². The highest BCUT2D eigenvalue weighted by molar-refractivity contribution is 6.31. The Morgan fingerprint density at radius 1 is 1.03 bits per heavy atom. The zero-order chi connectivity index (χ0) is 22.5. The average molecular weight is 468 g/mol. The quantitative estimate of drug-likeness (QED) is 0.524. The van der Waals surface area contributed by atoms with E-state index in [0.29, 0.717) is 27.2 Å². The lowest BCUT2D eigenvalue weighted by atomic mass is 9.78. The molecule has 2 bridgehead atoms. The van der Waals surface area contributed by atoms with Gasteiger partial charge in [-0.1, -0.05) is 47.5 Å². The fraction of sp³-hybridized carbons (Fsp3) is 0.167. The monoisotopic (exact) mass is 467 g/mol. The van der Waals surface area contributed by atoms with Gasteiger partial charge in [0.1, 0.15) is 11.7 Å². The number of urea groups is 1. The van der Waals surface area contributed by atoms with Crippen LogP contribution in [-0.4, -0.2) is 17.7 Å². The lowest BCUT2D eigenvalue weighted by Gasteiger charge is -2.54. The number of fused-ring (bicyclic) bond motifs is 4. The Morgan fingerprint density at radius 3 is 2.53 bits per heavy atom. The number of benzene rings is 3. The second-order valence-corrected chi connectivity index (χ2v) is 8.78. The maximum absolute atomic E-state index is 13.6. The lowest BCUT2D eigenvalue weighted by Crippen LogP contribution is -2.72. The zero-order valence-corrected chi connectivity index (χ0v) is 18.5. The number of anilines is 2. The number of amides is 3. The summed E-state index contributed by atoms with van der Waals surface area (Å²) < 4.78 is 6.40. The van der Waals surface area contributed by atoms with Crippen LogP contribution in [-0.2, 0) is 4.79 Å². The van der Waals surface area contributed by atoms with Gasteiger partial charge >= 0.3 is 6.03 Å². The molecule has 1 saturated heterocycles. The Hall–Kier alpha value is -3.22. The number of nitrogens with zero attached hydrogens (tertiary/aromatic N) is 1. The Labute approximate surface area is 195 Å². The van der Waals surface area contributed by atoms with Crippen LogP contribution in [0, 0.1) is 5.92 Å². The number of hydrogen-bond donors (Lipinski definition) is 2. The highest BCUT2D eigenvalue weighted by atomic mass is 35.5. The molecule has 0 saturated carbocycles. The molecule has 162 valence electrons. The van der Waals surface area contributed by atoms with Gasteiger partial charge in [-0.25, -0.2) is 4.79 Å². The molecule has 32 heavy (non-hydrogen) atoms. The van der Waals surface area contributed by atoms with Crippen molar-refractivity contribution in [1.82, 2.24) is 5.32 Å². The van der Waals surface area contributed by atoms with Crippen LogP contribution in [0.25, 0.3) is 0 Å². The first-order valence-corrected chi connectivity index (χ1v) is 10.8. The van der Waals surface area contributed by atoms with E-state index >= 15 is 0 Å². The van der Waals surface area contributed by atoms with Crippen molar-refractivity contribution in [2.24, 2.45) is 5.92 Å². The molecule has 3 aromatic carbocycles. The number of hydrogen-bond acceptors (Lipinski definition) is 3. The van der Waals surface area contributed by atoms with E-state index in [-0.39, 0.29) is 11.9 Å². The first-order chi connectivity index (χ1) is 15.4. The summed E-state index contributed by atoms with van der Waals surface area (Å²) >= 11 is 12.2. The summed E-state index contributed by atoms with van der Waals surface area (Å²) in [6.45, 7) is 1.75. The van der Waals surface area contributed by atoms with Gasteiger partial charge in [-0.2, -0.15) is 0 Å². The molecule has 0 aromatic heterocycles. The van der Waals surface area contributed by atoms with Crippen molar-refractivity contribution < 1.29 is 14.3 Å². The molecule has 0 spiro atoms. The predicted molar refractivity (Wildman–Crippen MR) is 124 cm³/mol. The number of nitrogens with one attached hydrogen (secondary N) is 2. The molecule has 2 heterocycles. The largest absolute Gasteiger partial charge is 0.466 e. The van der Waals surface area contributed by atoms with Gasteiger partial charge in [-0.3, -0.25) is 9.69 Å². The fourth-order valence-corrected chi connectivity index (χ4v) is 4.80. The predicted octanol–water partition coefficient (Wildman–Crippen LogP) is 5.63. The number of carbonyl (C=O) groups is 2. The second kappa shape index (κ2) is 7.73. The van der Waals surface area contributed by atoms with Crippen LogP contribution in [0.4, 0.5) is 16.2 Å². The standard InChI is InChI=1S/C24H19Cl2N3O3/c1-24-20(22(30)27-16-11-9-14(25)10-12-16)21(18-7-2-3-8-19(18)32-24)28-23(31)29(24)17-6-4-5-15(26)13-17/h2-13,20-21H,1H3,(H,27,30)(H,28,31)/t20-,21+,24-/m0/s1. The minimum Gasteiger partial charge on any atom is -0.466 e. The molecule has 5 rings (SSSR count). The third-order valence-corrected chi connectivity index (χ3v) is 6.35. The number of para-hydroxylation sites is 1. The first-order valence-electron chi connectivity index (χ1n) is 10.1. The molecule has 1 fully saturated rings. The maximum atomic E-state index is 13.6. The SMILES string of the molecule is C[C@@]12Oc3ccccc3[C@@H](NC(=O)N1c1cccc(Cl)c1)[C@H]2C(=O)Nc1ccc(Cl)cc1. The van der Waals surface area contributed by atoms with Crippen molar-refractivity contribution in [1.29, 1.82) is 0 Å². The van der Waals surface area contributed by atoms with E-state index in [1.165, 1.54) is 4.90 Å². The number of carbonyl (C=O) groups excluding carboxylic acids is 2. The maximum Gasteiger partial charge on any atom is 0.325 e. The van der Waals surface area contributed by atoms with Crippen LogP contribution in [0.1, 0.15) is 18.5 Å². The molecule has 0 unspecified atom stereocenters. The molecule has 0 radical (unpaired) electrons. The van der Waals surface area contributed by atoms with Gasteiger partial charge in [0.25, 0.3) is 0 Å². The smallest absolute Gasteiger partial charge is 0.325 e. The van der Waals surface area contributed by atoms with Crippen LogP contribution in [0.15, 0.2) is 72.8 Å². The van der Waals surface area contributed by atoms with Crippen molar-refractivity contribution in [2.75, 3.05) is 10.2 Å². The van der Waals surface area contributed by atoms with Crippen molar-refractivity contribution in [3.05, 3.63) is 88.4 Å². The summed E-state index contributed by atoms with van der Waals surface area (Å²) in [6, 6.07) is 20.2. The van der Waals surface area contributed by atoms with Crippen molar-refractivity contribution >= 4 is 46.5 Å². The number of ether oxygens (including phenoxy) is 1. The second-order valence-electron chi connectivity index (χ2n) is 7.91. The summed E-state index contributed by atoms with van der Waals surface area (Å²) in [5, 5.41) is 6.99. The number of halogens is 2. The van der Waals surface area contributed by atoms with Gasteiger partial charge in [-0.15, -0.1) is 0 Å². The molecule has 2 N–H and O–H groups in total. The molecule has 2 aliphatic rings. The topological polar surface area (TPSA) is 70.7 Å². The first kappa shape index (κ1) is 20.7. The Bertz CT molecular complexity index is 1220. The molecular formula is C24H19Cl2N3O3. The van der Waals surface area contributed by atoms with Crippen LogP contribution in [0.3, 0.4) is 0 Å². The molecule has 3 aromatic rings. The van der Waals surface area contributed by atoms with Crippen molar-refractivity contribution in [3.8, 4) is 5.75 Å². The van der Waals surface area contributed by atoms with E-state index in [1.54, 1.807) is 55.5 Å². The third kappa shape index (κ3) is 3.36. The Morgan fingerprint density at radius 2 is 1.78 bits per heavy atom. The minimum absolute atomic E-state index is 0.290. The normalized spacial score (nSPS) is 23.6. The van der Waals surface area contributed by atoms with Gasteiger partial charge < -0.3 is 15.4 Å². The molecule has 3 amide bonds.